The molecular weight excluding hydrogens is 415 g/mol. The third-order valence-corrected chi connectivity index (χ3v) is 7.24. The molecule has 0 saturated carbocycles. The number of hydrogen-bond acceptors (Lipinski definition) is 3. The number of halogens is 1. The van der Waals surface area contributed by atoms with Gasteiger partial charge in [0.15, 0.2) is 0 Å². The van der Waals surface area contributed by atoms with E-state index in [1.165, 1.54) is 34.6 Å². The highest BCUT2D eigenvalue weighted by atomic mass is 32.2. The molecule has 31 heavy (non-hydrogen) atoms. The minimum absolute atomic E-state index is 0.145. The summed E-state index contributed by atoms with van der Waals surface area (Å²) in [6.07, 6.45) is 1.99. The standard InChI is InChI=1S/C24H23FN2O3S/c25-22-9-3-1-6-18(22)15-16-26-24(28)20-11-13-21(14-12-20)31(29,30)27-17-5-8-19-7-2-4-10-23(19)27/h1-4,6-7,9-14H,5,8,15-17H2,(H,26,28). The Morgan fingerprint density at radius 2 is 1.68 bits per heavy atom. The highest BCUT2D eigenvalue weighted by molar-refractivity contribution is 7.92. The molecule has 0 fully saturated rings. The smallest absolute Gasteiger partial charge is 0.264 e. The number of aryl methyl sites for hydroxylation is 1. The zero-order chi connectivity index (χ0) is 21.8. The van der Waals surface area contributed by atoms with Gasteiger partial charge >= 0.3 is 0 Å². The van der Waals surface area contributed by atoms with Crippen LogP contribution < -0.4 is 9.62 Å². The van der Waals surface area contributed by atoms with Gasteiger partial charge in [0.05, 0.1) is 10.6 Å². The molecule has 0 aromatic heterocycles. The summed E-state index contributed by atoms with van der Waals surface area (Å²) < 4.78 is 41.5. The van der Waals surface area contributed by atoms with Crippen LogP contribution in [0.15, 0.2) is 77.7 Å². The number of anilines is 1. The van der Waals surface area contributed by atoms with Gasteiger partial charge in [-0.1, -0.05) is 36.4 Å². The Kier molecular flexibility index (Phi) is 6.04. The summed E-state index contributed by atoms with van der Waals surface area (Å²) in [4.78, 5) is 12.5. The molecule has 0 aliphatic carbocycles. The van der Waals surface area contributed by atoms with Crippen molar-refractivity contribution >= 4 is 21.6 Å². The van der Waals surface area contributed by atoms with E-state index in [-0.39, 0.29) is 23.2 Å². The first-order valence-corrected chi connectivity index (χ1v) is 11.6. The van der Waals surface area contributed by atoms with Crippen LogP contribution in [0.1, 0.15) is 27.9 Å². The number of para-hydroxylation sites is 1. The number of hydrogen-bond donors (Lipinski definition) is 1. The molecule has 0 atom stereocenters. The first-order chi connectivity index (χ1) is 15.0. The molecule has 1 heterocycles. The molecule has 0 radical (unpaired) electrons. The van der Waals surface area contributed by atoms with Crippen molar-refractivity contribution in [1.82, 2.24) is 5.32 Å². The third kappa shape index (κ3) is 4.46. The number of amides is 1. The molecule has 4 rings (SSSR count). The summed E-state index contributed by atoms with van der Waals surface area (Å²) in [5.41, 5.74) is 2.62. The maximum atomic E-state index is 13.7. The minimum Gasteiger partial charge on any atom is -0.352 e. The van der Waals surface area contributed by atoms with Gasteiger partial charge in [-0.25, -0.2) is 12.8 Å². The molecule has 1 N–H and O–H groups in total. The molecule has 0 saturated heterocycles. The summed E-state index contributed by atoms with van der Waals surface area (Å²) >= 11 is 0. The van der Waals surface area contributed by atoms with Crippen molar-refractivity contribution < 1.29 is 17.6 Å². The van der Waals surface area contributed by atoms with E-state index in [1.54, 1.807) is 18.2 Å². The van der Waals surface area contributed by atoms with Gasteiger partial charge in [-0.2, -0.15) is 0 Å². The fourth-order valence-corrected chi connectivity index (χ4v) is 5.31. The molecule has 1 amide bonds. The highest BCUT2D eigenvalue weighted by Gasteiger charge is 2.28. The Bertz CT molecular complexity index is 1190. The van der Waals surface area contributed by atoms with Crippen molar-refractivity contribution in [3.8, 4) is 0 Å². The Balaban J connectivity index is 1.44. The van der Waals surface area contributed by atoms with E-state index in [2.05, 4.69) is 5.32 Å². The highest BCUT2D eigenvalue weighted by Crippen LogP contribution is 2.31. The quantitative estimate of drug-likeness (QED) is 0.634. The van der Waals surface area contributed by atoms with Crippen LogP contribution in [-0.2, 0) is 22.9 Å². The second-order valence-electron chi connectivity index (χ2n) is 7.43. The van der Waals surface area contributed by atoms with Crippen LogP contribution in [0.4, 0.5) is 10.1 Å². The van der Waals surface area contributed by atoms with Crippen LogP contribution in [0.3, 0.4) is 0 Å². The Hall–Kier alpha value is -3.19. The lowest BCUT2D eigenvalue weighted by atomic mass is 10.0. The lowest BCUT2D eigenvalue weighted by molar-refractivity contribution is 0.0954. The lowest BCUT2D eigenvalue weighted by Crippen LogP contribution is -2.35. The van der Waals surface area contributed by atoms with Crippen molar-refractivity contribution in [2.45, 2.75) is 24.2 Å². The van der Waals surface area contributed by atoms with E-state index in [1.807, 2.05) is 24.3 Å². The number of carbonyl (C=O) groups is 1. The zero-order valence-electron chi connectivity index (χ0n) is 16.9. The average Bonchev–Trinajstić information content (AvgIpc) is 2.80. The fourth-order valence-electron chi connectivity index (χ4n) is 3.77. The Morgan fingerprint density at radius 1 is 0.968 bits per heavy atom. The number of benzene rings is 3. The Labute approximate surface area is 181 Å². The van der Waals surface area contributed by atoms with Gasteiger partial charge in [0.1, 0.15) is 5.82 Å². The van der Waals surface area contributed by atoms with E-state index in [4.69, 9.17) is 0 Å². The lowest BCUT2D eigenvalue weighted by Gasteiger charge is -2.30. The minimum atomic E-state index is -3.72. The van der Waals surface area contributed by atoms with E-state index < -0.39 is 10.0 Å². The molecule has 0 unspecified atom stereocenters. The molecule has 7 heteroatoms. The topological polar surface area (TPSA) is 66.5 Å². The largest absolute Gasteiger partial charge is 0.352 e. The zero-order valence-corrected chi connectivity index (χ0v) is 17.7. The van der Waals surface area contributed by atoms with Gasteiger partial charge in [0, 0.05) is 18.7 Å². The third-order valence-electron chi connectivity index (χ3n) is 5.41. The van der Waals surface area contributed by atoms with Crippen molar-refractivity contribution in [3.05, 3.63) is 95.3 Å². The second-order valence-corrected chi connectivity index (χ2v) is 9.29. The maximum Gasteiger partial charge on any atom is 0.264 e. The molecule has 1 aliphatic heterocycles. The monoisotopic (exact) mass is 438 g/mol. The molecule has 5 nitrogen and oxygen atoms in total. The van der Waals surface area contributed by atoms with E-state index in [9.17, 15) is 17.6 Å². The van der Waals surface area contributed by atoms with Gasteiger partial charge in [-0.05, 0) is 66.8 Å². The first-order valence-electron chi connectivity index (χ1n) is 10.2. The van der Waals surface area contributed by atoms with Crippen LogP contribution in [0.5, 0.6) is 0 Å². The predicted octanol–water partition coefficient (Wildman–Crippen LogP) is 3.94. The average molecular weight is 439 g/mol. The maximum absolute atomic E-state index is 13.7. The number of fused-ring (bicyclic) bond motifs is 1. The second kappa shape index (κ2) is 8.89. The molecule has 1 aliphatic rings. The molecule has 160 valence electrons. The molecular formula is C24H23FN2O3S. The first kappa shape index (κ1) is 21.1. The summed E-state index contributed by atoms with van der Waals surface area (Å²) in [6.45, 7) is 0.710. The van der Waals surface area contributed by atoms with Crippen LogP contribution in [0.25, 0.3) is 0 Å². The molecule has 0 bridgehead atoms. The fraction of sp³-hybridized carbons (Fsp3) is 0.208. The van der Waals surface area contributed by atoms with Gasteiger partial charge in [-0.3, -0.25) is 9.10 Å². The van der Waals surface area contributed by atoms with Gasteiger partial charge in [0.25, 0.3) is 15.9 Å². The SMILES string of the molecule is O=C(NCCc1ccccc1F)c1ccc(S(=O)(=O)N2CCCc3ccccc32)cc1. The van der Waals surface area contributed by atoms with Crippen molar-refractivity contribution in [3.63, 3.8) is 0 Å². The van der Waals surface area contributed by atoms with Crippen LogP contribution >= 0.6 is 0 Å². The summed E-state index contributed by atoms with van der Waals surface area (Å²) in [7, 11) is -3.72. The van der Waals surface area contributed by atoms with E-state index >= 15 is 0 Å². The van der Waals surface area contributed by atoms with Crippen LogP contribution in [0, 0.1) is 5.82 Å². The number of carbonyl (C=O) groups excluding carboxylic acids is 1. The van der Waals surface area contributed by atoms with Crippen molar-refractivity contribution in [1.29, 1.82) is 0 Å². The molecule has 3 aromatic rings. The summed E-state index contributed by atoms with van der Waals surface area (Å²) in [5.74, 6) is -0.630. The number of nitrogens with zero attached hydrogens (tertiary/aromatic N) is 1. The molecule has 0 spiro atoms. The predicted molar refractivity (Wildman–Crippen MR) is 118 cm³/mol. The van der Waals surface area contributed by atoms with Crippen LogP contribution in [0.2, 0.25) is 0 Å². The van der Waals surface area contributed by atoms with Crippen LogP contribution in [-0.4, -0.2) is 27.4 Å². The van der Waals surface area contributed by atoms with Crippen molar-refractivity contribution in [2.24, 2.45) is 0 Å². The van der Waals surface area contributed by atoms with E-state index in [0.717, 1.165) is 18.4 Å². The summed E-state index contributed by atoms with van der Waals surface area (Å²) in [5, 5.41) is 2.74. The number of sulfonamides is 1. The van der Waals surface area contributed by atoms with Gasteiger partial charge < -0.3 is 5.32 Å². The van der Waals surface area contributed by atoms with Gasteiger partial charge in [0.2, 0.25) is 0 Å². The van der Waals surface area contributed by atoms with Crippen molar-refractivity contribution in [2.75, 3.05) is 17.4 Å². The molecule has 3 aromatic carbocycles. The number of nitrogens with one attached hydrogen (secondary N) is 1. The number of rotatable bonds is 6. The van der Waals surface area contributed by atoms with Gasteiger partial charge in [-0.15, -0.1) is 0 Å². The normalized spacial score (nSPS) is 13.5. The Morgan fingerprint density at radius 3 is 2.45 bits per heavy atom. The van der Waals surface area contributed by atoms with E-state index in [0.29, 0.717) is 29.8 Å². The summed E-state index contributed by atoms with van der Waals surface area (Å²) in [6, 6.07) is 19.9.